The van der Waals surface area contributed by atoms with Crippen LogP contribution >= 0.6 is 0 Å². The van der Waals surface area contributed by atoms with E-state index in [9.17, 15) is 4.79 Å². The summed E-state index contributed by atoms with van der Waals surface area (Å²) in [7, 11) is 0. The van der Waals surface area contributed by atoms with Gasteiger partial charge >= 0.3 is 0 Å². The van der Waals surface area contributed by atoms with E-state index in [0.717, 1.165) is 29.8 Å². The minimum Gasteiger partial charge on any atom is -0.360 e. The molecule has 5 heteroatoms. The first kappa shape index (κ1) is 11.0. The normalized spacial score (nSPS) is 28.9. The van der Waals surface area contributed by atoms with E-state index < -0.39 is 0 Å². The predicted molar refractivity (Wildman–Crippen MR) is 71.9 cm³/mol. The summed E-state index contributed by atoms with van der Waals surface area (Å²) in [6.07, 6.45) is 5.85. The number of rotatable bonds is 2. The van der Waals surface area contributed by atoms with Crippen LogP contribution in [0.4, 0.5) is 0 Å². The van der Waals surface area contributed by atoms with Gasteiger partial charge in [0.15, 0.2) is 0 Å². The van der Waals surface area contributed by atoms with Gasteiger partial charge in [-0.2, -0.15) is 0 Å². The molecule has 1 aliphatic heterocycles. The van der Waals surface area contributed by atoms with E-state index in [2.05, 4.69) is 20.6 Å². The van der Waals surface area contributed by atoms with Crippen LogP contribution in [0.1, 0.15) is 23.3 Å². The molecule has 2 aromatic rings. The number of H-pyrrole nitrogens is 1. The van der Waals surface area contributed by atoms with E-state index in [1.54, 1.807) is 6.20 Å². The van der Waals surface area contributed by atoms with Crippen molar-refractivity contribution < 1.29 is 4.79 Å². The number of hydrogen-bond acceptors (Lipinski definition) is 3. The van der Waals surface area contributed by atoms with Crippen molar-refractivity contribution in [3.8, 4) is 0 Å². The third-order valence-electron chi connectivity index (χ3n) is 4.32. The SMILES string of the molecule is O=C(NC1CC2CNC1C2)c1cc2cc[nH]c2cn1. The fraction of sp³-hybridized carbons (Fsp3) is 0.429. The van der Waals surface area contributed by atoms with Crippen LogP contribution in [0.5, 0.6) is 0 Å². The molecule has 2 aromatic heterocycles. The van der Waals surface area contributed by atoms with Gasteiger partial charge in [-0.3, -0.25) is 4.79 Å². The molecule has 1 amide bonds. The molecule has 4 rings (SSSR count). The Hall–Kier alpha value is -1.88. The van der Waals surface area contributed by atoms with Crippen molar-refractivity contribution in [2.24, 2.45) is 5.92 Å². The molecule has 2 aliphatic rings. The number of pyridine rings is 1. The molecule has 0 spiro atoms. The number of piperidine rings is 1. The fourth-order valence-corrected chi connectivity index (χ4v) is 3.33. The molecule has 0 aromatic carbocycles. The Balaban J connectivity index is 1.53. The number of nitrogens with zero attached hydrogens (tertiary/aromatic N) is 1. The average Bonchev–Trinajstić information content (AvgIpc) is 3.13. The van der Waals surface area contributed by atoms with Gasteiger partial charge in [0.25, 0.3) is 5.91 Å². The second-order valence-corrected chi connectivity index (χ2v) is 5.57. The van der Waals surface area contributed by atoms with Crippen molar-refractivity contribution in [3.63, 3.8) is 0 Å². The quantitative estimate of drug-likeness (QED) is 0.752. The smallest absolute Gasteiger partial charge is 0.270 e. The highest BCUT2D eigenvalue weighted by atomic mass is 16.1. The third kappa shape index (κ3) is 1.81. The van der Waals surface area contributed by atoms with Gasteiger partial charge in [-0.15, -0.1) is 0 Å². The van der Waals surface area contributed by atoms with Gasteiger partial charge in [0.05, 0.1) is 11.7 Å². The van der Waals surface area contributed by atoms with Crippen LogP contribution in [-0.4, -0.2) is 34.5 Å². The Bertz CT molecular complexity index is 635. The van der Waals surface area contributed by atoms with Crippen molar-refractivity contribution in [2.45, 2.75) is 24.9 Å². The monoisotopic (exact) mass is 256 g/mol. The summed E-state index contributed by atoms with van der Waals surface area (Å²) in [6.45, 7) is 1.10. The van der Waals surface area contributed by atoms with Gasteiger partial charge in [0.1, 0.15) is 5.69 Å². The van der Waals surface area contributed by atoms with Gasteiger partial charge < -0.3 is 15.6 Å². The van der Waals surface area contributed by atoms with Crippen LogP contribution in [0.25, 0.3) is 10.9 Å². The van der Waals surface area contributed by atoms with Crippen molar-refractivity contribution in [1.29, 1.82) is 0 Å². The van der Waals surface area contributed by atoms with Gasteiger partial charge in [0, 0.05) is 23.7 Å². The number of fused-ring (bicyclic) bond motifs is 3. The second-order valence-electron chi connectivity index (χ2n) is 5.57. The molecular weight excluding hydrogens is 240 g/mol. The summed E-state index contributed by atoms with van der Waals surface area (Å²) in [5.74, 6) is 0.665. The zero-order valence-corrected chi connectivity index (χ0v) is 10.5. The Morgan fingerprint density at radius 2 is 2.37 bits per heavy atom. The molecule has 3 heterocycles. The molecule has 0 radical (unpaired) electrons. The van der Waals surface area contributed by atoms with Gasteiger partial charge in [-0.25, -0.2) is 4.98 Å². The molecule has 3 atom stereocenters. The lowest BCUT2D eigenvalue weighted by atomic mass is 10.1. The van der Waals surface area contributed by atoms with E-state index in [1.165, 1.54) is 6.42 Å². The highest BCUT2D eigenvalue weighted by Crippen LogP contribution is 2.31. The lowest BCUT2D eigenvalue weighted by Crippen LogP contribution is -2.48. The Morgan fingerprint density at radius 3 is 3.16 bits per heavy atom. The maximum Gasteiger partial charge on any atom is 0.270 e. The van der Waals surface area contributed by atoms with Crippen LogP contribution in [0.3, 0.4) is 0 Å². The van der Waals surface area contributed by atoms with E-state index >= 15 is 0 Å². The number of carbonyl (C=O) groups is 1. The lowest BCUT2D eigenvalue weighted by Gasteiger charge is -2.23. The van der Waals surface area contributed by atoms with Crippen LogP contribution in [-0.2, 0) is 0 Å². The van der Waals surface area contributed by atoms with Crippen LogP contribution in [0, 0.1) is 5.92 Å². The first-order valence-corrected chi connectivity index (χ1v) is 6.77. The van der Waals surface area contributed by atoms with Crippen molar-refractivity contribution in [1.82, 2.24) is 20.6 Å². The molecule has 5 nitrogen and oxygen atoms in total. The average molecular weight is 256 g/mol. The Morgan fingerprint density at radius 1 is 1.42 bits per heavy atom. The van der Waals surface area contributed by atoms with Gasteiger partial charge in [0.2, 0.25) is 0 Å². The maximum absolute atomic E-state index is 12.2. The number of hydrogen-bond donors (Lipinski definition) is 3. The predicted octanol–water partition coefficient (Wildman–Crippen LogP) is 1.04. The van der Waals surface area contributed by atoms with E-state index in [1.807, 2.05) is 18.3 Å². The Labute approximate surface area is 110 Å². The highest BCUT2D eigenvalue weighted by Gasteiger charge is 2.40. The van der Waals surface area contributed by atoms with Crippen molar-refractivity contribution in [3.05, 3.63) is 30.2 Å². The molecule has 3 unspecified atom stereocenters. The molecule has 2 fully saturated rings. The summed E-state index contributed by atoms with van der Waals surface area (Å²) in [6, 6.07) is 4.49. The fourth-order valence-electron chi connectivity index (χ4n) is 3.33. The molecule has 19 heavy (non-hydrogen) atoms. The minimum atomic E-state index is -0.0672. The lowest BCUT2D eigenvalue weighted by molar-refractivity contribution is 0.0923. The number of nitrogens with one attached hydrogen (secondary N) is 3. The summed E-state index contributed by atoms with van der Waals surface area (Å²) in [4.78, 5) is 19.5. The summed E-state index contributed by atoms with van der Waals surface area (Å²) < 4.78 is 0. The molecule has 2 bridgehead atoms. The largest absolute Gasteiger partial charge is 0.360 e. The first-order valence-electron chi connectivity index (χ1n) is 6.77. The standard InChI is InChI=1S/C14H16N4O/c19-14(18-11-4-8-3-10(11)16-6-8)12-5-9-1-2-15-13(9)7-17-12/h1-2,5,7-8,10-11,15-16H,3-4,6H2,(H,18,19). The van der Waals surface area contributed by atoms with E-state index in [4.69, 9.17) is 0 Å². The van der Waals surface area contributed by atoms with Crippen molar-refractivity contribution in [2.75, 3.05) is 6.54 Å². The topological polar surface area (TPSA) is 69.8 Å². The third-order valence-corrected chi connectivity index (χ3v) is 4.32. The van der Waals surface area contributed by atoms with Gasteiger partial charge in [-0.05, 0) is 37.4 Å². The zero-order valence-electron chi connectivity index (χ0n) is 10.5. The number of aromatic amines is 1. The van der Waals surface area contributed by atoms with E-state index in [-0.39, 0.29) is 11.9 Å². The van der Waals surface area contributed by atoms with E-state index in [0.29, 0.717) is 11.7 Å². The number of carbonyl (C=O) groups excluding carboxylic acids is 1. The molecule has 98 valence electrons. The number of aromatic nitrogens is 2. The molecule has 1 saturated heterocycles. The molecule has 3 N–H and O–H groups in total. The highest BCUT2D eigenvalue weighted by molar-refractivity contribution is 5.96. The van der Waals surface area contributed by atoms with Crippen LogP contribution in [0.15, 0.2) is 24.5 Å². The minimum absolute atomic E-state index is 0.0672. The van der Waals surface area contributed by atoms with Crippen molar-refractivity contribution >= 4 is 16.8 Å². The molecule has 1 saturated carbocycles. The van der Waals surface area contributed by atoms with Gasteiger partial charge in [-0.1, -0.05) is 0 Å². The summed E-state index contributed by atoms with van der Waals surface area (Å²) in [5.41, 5.74) is 1.45. The second kappa shape index (κ2) is 4.06. The maximum atomic E-state index is 12.2. The molecule has 1 aliphatic carbocycles. The first-order chi connectivity index (χ1) is 9.29. The number of amides is 1. The summed E-state index contributed by atoms with van der Waals surface area (Å²) >= 11 is 0. The summed E-state index contributed by atoms with van der Waals surface area (Å²) in [5, 5.41) is 7.58. The van der Waals surface area contributed by atoms with Crippen LogP contribution in [0.2, 0.25) is 0 Å². The molecular formula is C14H16N4O. The zero-order chi connectivity index (χ0) is 12.8. The Kier molecular flexibility index (Phi) is 2.35. The van der Waals surface area contributed by atoms with Crippen LogP contribution < -0.4 is 10.6 Å².